The van der Waals surface area contributed by atoms with Crippen molar-refractivity contribution in [2.45, 2.75) is 68.9 Å². The van der Waals surface area contributed by atoms with Crippen LogP contribution < -0.4 is 4.74 Å². The van der Waals surface area contributed by atoms with Crippen molar-refractivity contribution in [1.29, 1.82) is 0 Å². The van der Waals surface area contributed by atoms with Crippen LogP contribution in [-0.2, 0) is 11.2 Å². The topological polar surface area (TPSA) is 79.2 Å². The molecule has 168 valence electrons. The van der Waals surface area contributed by atoms with Gasteiger partial charge in [0.2, 0.25) is 0 Å². The van der Waals surface area contributed by atoms with E-state index in [4.69, 9.17) is 21.1 Å². The lowest BCUT2D eigenvalue weighted by molar-refractivity contribution is -0.113. The third kappa shape index (κ3) is 5.41. The molecule has 1 saturated heterocycles. The van der Waals surface area contributed by atoms with Gasteiger partial charge < -0.3 is 24.8 Å². The summed E-state index contributed by atoms with van der Waals surface area (Å²) < 4.78 is 12.1. The quantitative estimate of drug-likeness (QED) is 0.594. The number of halogens is 1. The Kier molecular flexibility index (Phi) is 7.19. The van der Waals surface area contributed by atoms with Crippen LogP contribution >= 0.6 is 11.6 Å². The van der Waals surface area contributed by atoms with E-state index < -0.39 is 11.7 Å². The highest BCUT2D eigenvalue weighted by atomic mass is 35.5. The number of ether oxygens (including phenoxy) is 2. The van der Waals surface area contributed by atoms with Gasteiger partial charge in [0.1, 0.15) is 11.4 Å². The smallest absolute Gasteiger partial charge is 0.132 e. The van der Waals surface area contributed by atoms with Crippen LogP contribution in [0.2, 0.25) is 5.02 Å². The van der Waals surface area contributed by atoms with Crippen molar-refractivity contribution in [2.75, 3.05) is 13.2 Å². The number of hydrogen-bond acceptors (Lipinski definition) is 5. The Morgan fingerprint density at radius 1 is 1.03 bits per heavy atom. The van der Waals surface area contributed by atoms with Crippen molar-refractivity contribution in [2.24, 2.45) is 0 Å². The predicted molar refractivity (Wildman–Crippen MR) is 120 cm³/mol. The first-order chi connectivity index (χ1) is 15.0. The van der Waals surface area contributed by atoms with E-state index in [-0.39, 0.29) is 25.4 Å². The second-order valence-corrected chi connectivity index (χ2v) is 9.28. The fourth-order valence-electron chi connectivity index (χ4n) is 4.71. The molecule has 1 aliphatic carbocycles. The fraction of sp³-hybridized carbons (Fsp3) is 0.520. The molecule has 1 aliphatic heterocycles. The first kappa shape index (κ1) is 22.6. The van der Waals surface area contributed by atoms with E-state index >= 15 is 0 Å². The van der Waals surface area contributed by atoms with Gasteiger partial charge in [-0.2, -0.15) is 0 Å². The summed E-state index contributed by atoms with van der Waals surface area (Å²) >= 11 is 6.47. The Labute approximate surface area is 188 Å². The normalized spacial score (nSPS) is 25.5. The second-order valence-electron chi connectivity index (χ2n) is 8.88. The zero-order valence-electron chi connectivity index (χ0n) is 17.7. The maximum absolute atomic E-state index is 10.1. The number of benzene rings is 2. The lowest BCUT2D eigenvalue weighted by Crippen LogP contribution is -2.36. The maximum Gasteiger partial charge on any atom is 0.132 e. The monoisotopic (exact) mass is 446 g/mol. The molecule has 0 amide bonds. The number of rotatable bonds is 7. The van der Waals surface area contributed by atoms with E-state index in [0.29, 0.717) is 24.3 Å². The molecule has 0 radical (unpaired) electrons. The molecule has 0 unspecified atom stereocenters. The van der Waals surface area contributed by atoms with E-state index in [9.17, 15) is 15.3 Å². The molecule has 2 aromatic carbocycles. The van der Waals surface area contributed by atoms with Gasteiger partial charge in [0.05, 0.1) is 31.5 Å². The molecule has 3 atom stereocenters. The summed E-state index contributed by atoms with van der Waals surface area (Å²) in [6, 6.07) is 13.8. The molecule has 0 spiro atoms. The van der Waals surface area contributed by atoms with Crippen LogP contribution in [0.5, 0.6) is 5.75 Å². The Hall–Kier alpha value is -1.63. The fourth-order valence-corrected chi connectivity index (χ4v) is 4.89. The summed E-state index contributed by atoms with van der Waals surface area (Å²) in [5, 5.41) is 30.0. The summed E-state index contributed by atoms with van der Waals surface area (Å²) in [4.78, 5) is 0. The van der Waals surface area contributed by atoms with Crippen LogP contribution in [0.3, 0.4) is 0 Å². The third-order valence-corrected chi connectivity index (χ3v) is 6.85. The van der Waals surface area contributed by atoms with Crippen molar-refractivity contribution in [3.63, 3.8) is 0 Å². The average Bonchev–Trinajstić information content (AvgIpc) is 3.25. The second kappa shape index (κ2) is 9.88. The molecule has 5 nitrogen and oxygen atoms in total. The molecule has 0 aromatic heterocycles. The molecule has 31 heavy (non-hydrogen) atoms. The van der Waals surface area contributed by atoms with E-state index in [0.717, 1.165) is 48.1 Å². The molecule has 6 heteroatoms. The van der Waals surface area contributed by atoms with Gasteiger partial charge in [-0.3, -0.25) is 0 Å². The van der Waals surface area contributed by atoms with E-state index in [1.54, 1.807) is 0 Å². The largest absolute Gasteiger partial charge is 0.485 e. The van der Waals surface area contributed by atoms with Gasteiger partial charge in [0.25, 0.3) is 0 Å². The molecular weight excluding hydrogens is 416 g/mol. The van der Waals surface area contributed by atoms with Crippen molar-refractivity contribution < 1.29 is 24.8 Å². The van der Waals surface area contributed by atoms with Crippen LogP contribution in [-0.4, -0.2) is 46.3 Å². The van der Waals surface area contributed by atoms with E-state index in [2.05, 4.69) is 0 Å². The van der Waals surface area contributed by atoms with Crippen LogP contribution in [0.15, 0.2) is 42.5 Å². The van der Waals surface area contributed by atoms with Gasteiger partial charge in [-0.15, -0.1) is 0 Å². The summed E-state index contributed by atoms with van der Waals surface area (Å²) in [5.74, 6) is 0.777. The third-order valence-electron chi connectivity index (χ3n) is 6.48. The minimum absolute atomic E-state index is 0.0478. The van der Waals surface area contributed by atoms with Crippen LogP contribution in [0.4, 0.5) is 0 Å². The Bertz CT molecular complexity index is 863. The summed E-state index contributed by atoms with van der Waals surface area (Å²) in [5.41, 5.74) is 2.62. The minimum atomic E-state index is -0.482. The van der Waals surface area contributed by atoms with Gasteiger partial charge in [-0.05, 0) is 67.0 Å². The van der Waals surface area contributed by atoms with Crippen LogP contribution in [0, 0.1) is 0 Å². The van der Waals surface area contributed by atoms with E-state index in [1.165, 1.54) is 0 Å². The summed E-state index contributed by atoms with van der Waals surface area (Å²) in [6.45, 7) is -0.0494. The lowest BCUT2D eigenvalue weighted by atomic mass is 9.94. The van der Waals surface area contributed by atoms with Crippen LogP contribution in [0.25, 0.3) is 0 Å². The molecule has 2 aromatic rings. The molecular formula is C25H31ClO5. The first-order valence-electron chi connectivity index (χ1n) is 11.1. The Balaban J connectivity index is 1.46. The SMILES string of the molecule is OC[C@@H]1C[C@H](O)C[C@H](c2ccc(Cl)c(Cc3ccc(OC4(CO)CCCC4)cc3)c2)O1. The van der Waals surface area contributed by atoms with Crippen molar-refractivity contribution in [3.05, 3.63) is 64.2 Å². The number of aliphatic hydroxyl groups excluding tert-OH is 3. The Morgan fingerprint density at radius 2 is 1.77 bits per heavy atom. The van der Waals surface area contributed by atoms with E-state index in [1.807, 2.05) is 42.5 Å². The van der Waals surface area contributed by atoms with Crippen LogP contribution in [0.1, 0.15) is 61.3 Å². The molecule has 3 N–H and O–H groups in total. The molecule has 2 fully saturated rings. The van der Waals surface area contributed by atoms with Gasteiger partial charge in [0.15, 0.2) is 0 Å². The zero-order valence-corrected chi connectivity index (χ0v) is 18.4. The molecule has 4 rings (SSSR count). The number of aliphatic hydroxyl groups is 3. The standard InChI is InChI=1S/C25H31ClO5/c26-23-8-5-18(24-14-20(29)13-22(15-27)30-24)12-19(23)11-17-3-6-21(7-4-17)31-25(16-28)9-1-2-10-25/h3-8,12,20,22,24,27-29H,1-2,9-11,13-16H2/t20-,22-,24+/m0/s1. The van der Waals surface area contributed by atoms with Gasteiger partial charge in [-0.25, -0.2) is 0 Å². The Morgan fingerprint density at radius 3 is 2.45 bits per heavy atom. The number of hydrogen-bond donors (Lipinski definition) is 3. The van der Waals surface area contributed by atoms with Crippen molar-refractivity contribution in [3.8, 4) is 5.75 Å². The lowest BCUT2D eigenvalue weighted by Gasteiger charge is -2.32. The average molecular weight is 447 g/mol. The van der Waals surface area contributed by atoms with Crippen molar-refractivity contribution >= 4 is 11.6 Å². The molecule has 1 saturated carbocycles. The molecule has 2 aliphatic rings. The predicted octanol–water partition coefficient (Wildman–Crippen LogP) is 4.19. The van der Waals surface area contributed by atoms with Crippen molar-refractivity contribution in [1.82, 2.24) is 0 Å². The van der Waals surface area contributed by atoms with Gasteiger partial charge >= 0.3 is 0 Å². The first-order valence-corrected chi connectivity index (χ1v) is 11.5. The van der Waals surface area contributed by atoms with Gasteiger partial charge in [-0.1, -0.05) is 35.9 Å². The van der Waals surface area contributed by atoms with Gasteiger partial charge in [0, 0.05) is 17.9 Å². The molecule has 0 bridgehead atoms. The highest BCUT2D eigenvalue weighted by Gasteiger charge is 2.35. The molecule has 1 heterocycles. The highest BCUT2D eigenvalue weighted by Crippen LogP contribution is 2.35. The maximum atomic E-state index is 10.1. The zero-order chi connectivity index (χ0) is 21.8. The minimum Gasteiger partial charge on any atom is -0.485 e. The summed E-state index contributed by atoms with van der Waals surface area (Å²) in [7, 11) is 0. The highest BCUT2D eigenvalue weighted by molar-refractivity contribution is 6.31. The summed E-state index contributed by atoms with van der Waals surface area (Å²) in [6.07, 6.45) is 4.52.